The molecule has 0 saturated carbocycles. The molecule has 154 valence electrons. The third-order valence-corrected chi connectivity index (χ3v) is 4.97. The van der Waals surface area contributed by atoms with E-state index in [2.05, 4.69) is 5.10 Å². The van der Waals surface area contributed by atoms with Crippen molar-refractivity contribution in [1.29, 1.82) is 0 Å². The molecule has 2 atom stereocenters. The van der Waals surface area contributed by atoms with Crippen molar-refractivity contribution in [3.05, 3.63) is 77.2 Å². The van der Waals surface area contributed by atoms with Crippen LogP contribution in [0.15, 0.2) is 54.6 Å². The molecule has 3 rings (SSSR count). The predicted molar refractivity (Wildman–Crippen MR) is 103 cm³/mol. The smallest absolute Gasteiger partial charge is 0.416 e. The van der Waals surface area contributed by atoms with E-state index < -0.39 is 11.7 Å². The minimum absolute atomic E-state index is 0.0397. The van der Waals surface area contributed by atoms with Crippen molar-refractivity contribution in [2.24, 2.45) is 0 Å². The first-order valence-electron chi connectivity index (χ1n) is 9.26. The minimum atomic E-state index is -4.39. The van der Waals surface area contributed by atoms with Crippen LogP contribution in [0.2, 0.25) is 0 Å². The molecule has 1 heterocycles. The summed E-state index contributed by atoms with van der Waals surface area (Å²) in [5.41, 5.74) is 1.42. The molecule has 2 aromatic carbocycles. The van der Waals surface area contributed by atoms with Crippen LogP contribution < -0.4 is 4.74 Å². The molecule has 0 aliphatic heterocycles. The molecule has 0 fully saturated rings. The highest BCUT2D eigenvalue weighted by molar-refractivity contribution is 5.39. The van der Waals surface area contributed by atoms with Crippen molar-refractivity contribution in [2.45, 2.75) is 38.3 Å². The first-order valence-corrected chi connectivity index (χ1v) is 9.26. The van der Waals surface area contributed by atoms with E-state index in [1.165, 1.54) is 36.1 Å². The van der Waals surface area contributed by atoms with E-state index in [9.17, 15) is 17.6 Å². The van der Waals surface area contributed by atoms with Crippen molar-refractivity contribution in [3.63, 3.8) is 0 Å². The van der Waals surface area contributed by atoms with Gasteiger partial charge in [-0.1, -0.05) is 26.0 Å². The molecule has 3 aromatic rings. The summed E-state index contributed by atoms with van der Waals surface area (Å²) < 4.78 is 58.7. The van der Waals surface area contributed by atoms with Gasteiger partial charge >= 0.3 is 6.18 Å². The number of hydrogen-bond acceptors (Lipinski definition) is 2. The van der Waals surface area contributed by atoms with E-state index >= 15 is 0 Å². The van der Waals surface area contributed by atoms with Gasteiger partial charge in [-0.15, -0.1) is 0 Å². The van der Waals surface area contributed by atoms with Crippen molar-refractivity contribution in [3.8, 4) is 11.6 Å². The maximum atomic E-state index is 13.5. The van der Waals surface area contributed by atoms with Crippen molar-refractivity contribution < 1.29 is 22.3 Å². The van der Waals surface area contributed by atoms with Crippen LogP contribution >= 0.6 is 0 Å². The van der Waals surface area contributed by atoms with Gasteiger partial charge in [0, 0.05) is 12.0 Å². The first kappa shape index (κ1) is 20.9. The summed E-state index contributed by atoms with van der Waals surface area (Å²) in [5, 5.41) is 4.54. The van der Waals surface area contributed by atoms with E-state index in [-0.39, 0.29) is 17.7 Å². The van der Waals surface area contributed by atoms with Gasteiger partial charge in [0.05, 0.1) is 24.1 Å². The zero-order valence-electron chi connectivity index (χ0n) is 16.4. The zero-order valence-corrected chi connectivity index (χ0v) is 16.4. The molecule has 0 bridgehead atoms. The third kappa shape index (κ3) is 4.78. The standard InChI is InChI=1S/C22H22F4N2O/c1-14(16-5-4-6-18(23)12-16)11-15(2)20-13-21(29-3)28(27-20)19-9-7-17(8-10-19)22(24,25)26/h4-10,12-15H,11H2,1-3H3/t14-,15?/m0/s1. The Morgan fingerprint density at radius 2 is 1.69 bits per heavy atom. The molecule has 1 aromatic heterocycles. The van der Waals surface area contributed by atoms with Crippen LogP contribution in [0.25, 0.3) is 5.69 Å². The van der Waals surface area contributed by atoms with Gasteiger partial charge in [0.15, 0.2) is 0 Å². The van der Waals surface area contributed by atoms with Gasteiger partial charge in [-0.05, 0) is 54.3 Å². The third-order valence-electron chi connectivity index (χ3n) is 4.97. The van der Waals surface area contributed by atoms with E-state index in [1.807, 2.05) is 19.9 Å². The van der Waals surface area contributed by atoms with E-state index in [0.29, 0.717) is 11.6 Å². The van der Waals surface area contributed by atoms with Gasteiger partial charge in [-0.25, -0.2) is 9.07 Å². The zero-order chi connectivity index (χ0) is 21.2. The van der Waals surface area contributed by atoms with Gasteiger partial charge in [0.2, 0.25) is 5.88 Å². The highest BCUT2D eigenvalue weighted by Gasteiger charge is 2.30. The van der Waals surface area contributed by atoms with Crippen LogP contribution in [0.3, 0.4) is 0 Å². The Morgan fingerprint density at radius 1 is 1.00 bits per heavy atom. The Labute approximate surface area is 166 Å². The van der Waals surface area contributed by atoms with Gasteiger partial charge in [0.25, 0.3) is 0 Å². The number of hydrogen-bond donors (Lipinski definition) is 0. The molecular weight excluding hydrogens is 384 g/mol. The molecule has 0 aliphatic rings. The number of rotatable bonds is 6. The highest BCUT2D eigenvalue weighted by Crippen LogP contribution is 2.33. The van der Waals surface area contributed by atoms with Crippen LogP contribution in [0.5, 0.6) is 5.88 Å². The normalized spacial score (nSPS) is 13.9. The number of halogens is 4. The Morgan fingerprint density at radius 3 is 2.28 bits per heavy atom. The lowest BCUT2D eigenvalue weighted by Gasteiger charge is -2.16. The van der Waals surface area contributed by atoms with Crippen LogP contribution in [-0.4, -0.2) is 16.9 Å². The fourth-order valence-electron chi connectivity index (χ4n) is 3.34. The Balaban J connectivity index is 1.82. The van der Waals surface area contributed by atoms with Gasteiger partial charge in [-0.3, -0.25) is 0 Å². The summed E-state index contributed by atoms with van der Waals surface area (Å²) in [5.74, 6) is 0.320. The monoisotopic (exact) mass is 406 g/mol. The van der Waals surface area contributed by atoms with Crippen LogP contribution in [0.4, 0.5) is 17.6 Å². The number of alkyl halides is 3. The Bertz CT molecular complexity index is 964. The maximum absolute atomic E-state index is 13.5. The fraction of sp³-hybridized carbons (Fsp3) is 0.318. The average molecular weight is 406 g/mol. The van der Waals surface area contributed by atoms with Crippen molar-refractivity contribution >= 4 is 0 Å². The van der Waals surface area contributed by atoms with Crippen LogP contribution in [0.1, 0.15) is 48.9 Å². The lowest BCUT2D eigenvalue weighted by atomic mass is 9.89. The lowest BCUT2D eigenvalue weighted by molar-refractivity contribution is -0.137. The molecule has 0 spiro atoms. The van der Waals surface area contributed by atoms with Crippen LogP contribution in [0, 0.1) is 5.82 Å². The number of ether oxygens (including phenoxy) is 1. The van der Waals surface area contributed by atoms with E-state index in [1.54, 1.807) is 12.1 Å². The lowest BCUT2D eigenvalue weighted by Crippen LogP contribution is -2.06. The molecule has 0 N–H and O–H groups in total. The largest absolute Gasteiger partial charge is 0.481 e. The topological polar surface area (TPSA) is 27.1 Å². The molecule has 29 heavy (non-hydrogen) atoms. The second-order valence-corrected chi connectivity index (χ2v) is 7.16. The van der Waals surface area contributed by atoms with Crippen molar-refractivity contribution in [2.75, 3.05) is 7.11 Å². The summed E-state index contributed by atoms with van der Waals surface area (Å²) in [6, 6.07) is 13.1. The quantitative estimate of drug-likeness (QED) is 0.447. The minimum Gasteiger partial charge on any atom is -0.481 e. The first-order chi connectivity index (χ1) is 13.7. The Kier molecular flexibility index (Phi) is 5.96. The van der Waals surface area contributed by atoms with Gasteiger partial charge in [-0.2, -0.15) is 18.3 Å². The summed E-state index contributed by atoms with van der Waals surface area (Å²) in [7, 11) is 1.49. The summed E-state index contributed by atoms with van der Waals surface area (Å²) in [4.78, 5) is 0. The van der Waals surface area contributed by atoms with Crippen LogP contribution in [-0.2, 0) is 6.18 Å². The summed E-state index contributed by atoms with van der Waals surface area (Å²) >= 11 is 0. The second-order valence-electron chi connectivity index (χ2n) is 7.16. The number of nitrogens with zero attached hydrogens (tertiary/aromatic N) is 2. The number of aromatic nitrogens is 2. The highest BCUT2D eigenvalue weighted by atomic mass is 19.4. The second kappa shape index (κ2) is 8.27. The molecule has 1 unspecified atom stereocenters. The Hall–Kier alpha value is -2.83. The molecule has 0 amide bonds. The average Bonchev–Trinajstić information content (AvgIpc) is 3.12. The number of methoxy groups -OCH3 is 1. The SMILES string of the molecule is COc1cc(C(C)C[C@H](C)c2cccc(F)c2)nn1-c1ccc(C(F)(F)F)cc1. The molecule has 3 nitrogen and oxygen atoms in total. The molecule has 0 saturated heterocycles. The fourth-order valence-corrected chi connectivity index (χ4v) is 3.34. The maximum Gasteiger partial charge on any atom is 0.416 e. The summed E-state index contributed by atoms with van der Waals surface area (Å²) in [6.07, 6.45) is -3.66. The molecule has 0 radical (unpaired) electrons. The predicted octanol–water partition coefficient (Wildman–Crippen LogP) is 6.34. The summed E-state index contributed by atoms with van der Waals surface area (Å²) in [6.45, 7) is 4.03. The van der Waals surface area contributed by atoms with Gasteiger partial charge in [0.1, 0.15) is 5.82 Å². The van der Waals surface area contributed by atoms with E-state index in [0.717, 1.165) is 29.8 Å². The molecule has 0 aliphatic carbocycles. The molecule has 7 heteroatoms. The number of benzene rings is 2. The van der Waals surface area contributed by atoms with E-state index in [4.69, 9.17) is 4.74 Å². The van der Waals surface area contributed by atoms with Gasteiger partial charge < -0.3 is 4.74 Å². The molecular formula is C22H22F4N2O. The van der Waals surface area contributed by atoms with Crippen molar-refractivity contribution in [1.82, 2.24) is 9.78 Å².